The van der Waals surface area contributed by atoms with E-state index >= 15 is 0 Å². The Bertz CT molecular complexity index is 2480. The van der Waals surface area contributed by atoms with E-state index in [-0.39, 0.29) is 102 Å². The van der Waals surface area contributed by atoms with Crippen LogP contribution in [0, 0.1) is 0 Å². The number of nitrogens with two attached hydrogens (primary N) is 5. The summed E-state index contributed by atoms with van der Waals surface area (Å²) in [4.78, 5) is 134. The number of aliphatic carboxylic acids is 1. The molecule has 8 amide bonds. The fraction of sp³-hybridized carbons (Fsp3) is 0.479. The number of H-pyrrole nitrogens is 1. The molecule has 1 unspecified atom stereocenters. The van der Waals surface area contributed by atoms with E-state index in [1.807, 2.05) is 0 Å². The number of amides is 8. The van der Waals surface area contributed by atoms with Crippen LogP contribution in [0.4, 0.5) is 0 Å². The summed E-state index contributed by atoms with van der Waals surface area (Å²) in [7, 11) is 0. The second kappa shape index (κ2) is 29.9. The van der Waals surface area contributed by atoms with E-state index in [0.29, 0.717) is 16.5 Å². The topological polar surface area (TPSA) is 441 Å². The molecule has 0 saturated carbocycles. The van der Waals surface area contributed by atoms with E-state index in [1.165, 1.54) is 6.92 Å². The van der Waals surface area contributed by atoms with Crippen LogP contribution in [0.25, 0.3) is 10.9 Å². The van der Waals surface area contributed by atoms with Crippen molar-refractivity contribution in [3.8, 4) is 0 Å². The number of fused-ring (bicyclic) bond motifs is 1. The fourth-order valence-electron chi connectivity index (χ4n) is 8.08. The minimum absolute atomic E-state index is 0.0213. The van der Waals surface area contributed by atoms with Crippen LogP contribution in [0.3, 0.4) is 0 Å². The molecule has 26 heteroatoms. The molecule has 0 spiro atoms. The molecule has 2 heterocycles. The number of hydrogen-bond acceptors (Lipinski definition) is 12. The zero-order chi connectivity index (χ0) is 54.2. The van der Waals surface area contributed by atoms with Gasteiger partial charge < -0.3 is 81.3 Å². The number of hydrogen-bond donors (Lipinski definition) is 15. The molecule has 1 aliphatic rings. The Labute approximate surface area is 427 Å². The van der Waals surface area contributed by atoms with Crippen LogP contribution in [0.1, 0.15) is 75.8 Å². The quantitative estimate of drug-likeness (QED) is 0.0336. The molecular weight excluding hydrogens is 961 g/mol. The number of carboxylic acid groups (broad SMARTS) is 1. The van der Waals surface area contributed by atoms with Crippen molar-refractivity contribution in [1.82, 2.24) is 47.5 Å². The average molecular weight is 1030 g/mol. The number of aromatic nitrogens is 1. The summed E-state index contributed by atoms with van der Waals surface area (Å²) >= 11 is 0. The molecule has 7 atom stereocenters. The summed E-state index contributed by atoms with van der Waals surface area (Å²) in [5.41, 5.74) is 29.8. The normalized spacial score (nSPS) is 21.2. The zero-order valence-corrected chi connectivity index (χ0v) is 41.3. The third-order valence-electron chi connectivity index (χ3n) is 11.8. The van der Waals surface area contributed by atoms with E-state index in [0.717, 1.165) is 5.52 Å². The number of rotatable bonds is 18. The van der Waals surface area contributed by atoms with Gasteiger partial charge >= 0.3 is 5.97 Å². The highest BCUT2D eigenvalue weighted by Crippen LogP contribution is 2.20. The largest absolute Gasteiger partial charge is 0.480 e. The van der Waals surface area contributed by atoms with Crippen LogP contribution in [0.5, 0.6) is 0 Å². The molecule has 2 aromatic carbocycles. The maximum absolute atomic E-state index is 14.5. The monoisotopic (exact) mass is 1030 g/mol. The van der Waals surface area contributed by atoms with Gasteiger partial charge in [0.25, 0.3) is 0 Å². The minimum Gasteiger partial charge on any atom is -0.480 e. The second-order valence-electron chi connectivity index (χ2n) is 17.7. The number of carbonyl (C=O) groups excluding carboxylic acids is 8. The van der Waals surface area contributed by atoms with Gasteiger partial charge in [-0.25, -0.2) is 4.79 Å². The van der Waals surface area contributed by atoms with Gasteiger partial charge in [-0.1, -0.05) is 48.5 Å². The van der Waals surface area contributed by atoms with Crippen molar-refractivity contribution in [2.24, 2.45) is 38.7 Å². The number of guanidine groups is 2. The predicted octanol–water partition coefficient (Wildman–Crippen LogP) is -3.40. The Morgan fingerprint density at radius 3 is 1.95 bits per heavy atom. The highest BCUT2D eigenvalue weighted by Gasteiger charge is 2.35. The van der Waals surface area contributed by atoms with Gasteiger partial charge in [0.15, 0.2) is 11.9 Å². The van der Waals surface area contributed by atoms with Gasteiger partial charge in [-0.3, -0.25) is 48.3 Å². The molecule has 1 fully saturated rings. The summed E-state index contributed by atoms with van der Waals surface area (Å²) in [5, 5.41) is 31.9. The number of aromatic amines is 1. The molecule has 74 heavy (non-hydrogen) atoms. The molecular formula is C48H70N16O10. The van der Waals surface area contributed by atoms with E-state index in [9.17, 15) is 48.3 Å². The lowest BCUT2D eigenvalue weighted by Crippen LogP contribution is -2.60. The van der Waals surface area contributed by atoms with Gasteiger partial charge in [0.1, 0.15) is 42.3 Å². The van der Waals surface area contributed by atoms with Crippen molar-refractivity contribution in [3.63, 3.8) is 0 Å². The Hall–Kier alpha value is -8.29. The molecule has 402 valence electrons. The van der Waals surface area contributed by atoms with E-state index in [4.69, 9.17) is 28.7 Å². The van der Waals surface area contributed by atoms with E-state index in [2.05, 4.69) is 57.5 Å². The lowest BCUT2D eigenvalue weighted by atomic mass is 10.0. The van der Waals surface area contributed by atoms with Crippen LogP contribution in [0.2, 0.25) is 0 Å². The lowest BCUT2D eigenvalue weighted by molar-refractivity contribution is -0.144. The second-order valence-corrected chi connectivity index (χ2v) is 17.7. The summed E-state index contributed by atoms with van der Waals surface area (Å²) in [6, 6.07) is 5.95. The number of para-hydroxylation sites is 1. The van der Waals surface area contributed by atoms with Crippen molar-refractivity contribution >= 4 is 76.0 Å². The van der Waals surface area contributed by atoms with Crippen LogP contribution >= 0.6 is 0 Å². The van der Waals surface area contributed by atoms with Gasteiger partial charge in [0.2, 0.25) is 47.3 Å². The van der Waals surface area contributed by atoms with Crippen LogP contribution < -0.4 is 71.2 Å². The van der Waals surface area contributed by atoms with Gasteiger partial charge in [-0.15, -0.1) is 0 Å². The molecule has 1 aliphatic heterocycles. The van der Waals surface area contributed by atoms with Crippen LogP contribution in [-0.4, -0.2) is 144 Å². The first-order chi connectivity index (χ1) is 35.3. The highest BCUT2D eigenvalue weighted by atomic mass is 16.4. The van der Waals surface area contributed by atoms with Crippen molar-refractivity contribution in [2.45, 2.75) is 120 Å². The first kappa shape index (κ1) is 58.3. The summed E-state index contributed by atoms with van der Waals surface area (Å²) < 4.78 is 0. The van der Waals surface area contributed by atoms with Crippen LogP contribution in [0.15, 0.2) is 70.8 Å². The molecule has 3 aromatic rings. The molecule has 1 saturated heterocycles. The number of carbonyl (C=O) groups is 9. The smallest absolute Gasteiger partial charge is 0.326 e. The number of benzene rings is 2. The molecule has 4 rings (SSSR count). The van der Waals surface area contributed by atoms with Gasteiger partial charge in [-0.2, -0.15) is 0 Å². The molecule has 1 aromatic heterocycles. The Morgan fingerprint density at radius 1 is 0.716 bits per heavy atom. The summed E-state index contributed by atoms with van der Waals surface area (Å²) in [5.74, 6) is -8.28. The molecule has 0 aliphatic carbocycles. The average Bonchev–Trinajstić information content (AvgIpc) is 3.76. The van der Waals surface area contributed by atoms with Crippen molar-refractivity contribution in [1.29, 1.82) is 0 Å². The fourth-order valence-corrected chi connectivity index (χ4v) is 8.08. The number of carboxylic acids is 1. The van der Waals surface area contributed by atoms with Gasteiger partial charge in [0, 0.05) is 56.5 Å². The predicted molar refractivity (Wildman–Crippen MR) is 274 cm³/mol. The standard InChI is InChI=1S/C48H70N16O10/c1-27(65)58-32(16-9-21-55-47(50)51)40(67)59-33-15-7-8-20-54-39(66)25-38(46(73)74)64-45(72)37(24-29-26-57-31-14-6-5-13-30(29)31)63-42(69)34(17-10-22-56-48(52)53)60-44(71)36(23-28-11-3-2-4-12-28)62-43(70)35(18-19-49)61-41(33)68/h2-6,11-14,26,32-38,57H,7-10,15-25,49H2,1H3,(H,54,66)(H,58,65)(H,59,67)(H,60,71)(H,61,68)(H,62,70)(H,63,69)(H,64,72)(H,73,74)(H4,50,51,55)(H4,52,53,56)/t32-,33-,34?,35-,36+,37-,38-/m0/s1. The van der Waals surface area contributed by atoms with E-state index in [1.54, 1.807) is 60.8 Å². The third kappa shape index (κ3) is 19.7. The minimum atomic E-state index is -1.76. The Balaban J connectivity index is 1.75. The number of nitrogens with one attached hydrogen (secondary N) is 9. The lowest BCUT2D eigenvalue weighted by Gasteiger charge is -2.28. The summed E-state index contributed by atoms with van der Waals surface area (Å²) in [6.07, 6.45) is 1.25. The van der Waals surface area contributed by atoms with E-state index < -0.39 is 102 Å². The maximum Gasteiger partial charge on any atom is 0.326 e. The van der Waals surface area contributed by atoms with Crippen molar-refractivity contribution in [2.75, 3.05) is 26.2 Å². The maximum atomic E-state index is 14.5. The van der Waals surface area contributed by atoms with Crippen molar-refractivity contribution in [3.05, 3.63) is 71.9 Å². The molecule has 0 bridgehead atoms. The Kier molecular flexibility index (Phi) is 23.6. The van der Waals surface area contributed by atoms with Crippen LogP contribution in [-0.2, 0) is 56.0 Å². The zero-order valence-electron chi connectivity index (χ0n) is 41.3. The third-order valence-corrected chi connectivity index (χ3v) is 11.8. The molecule has 20 N–H and O–H groups in total. The first-order valence-corrected chi connectivity index (χ1v) is 24.3. The number of nitrogens with zero attached hydrogens (tertiary/aromatic N) is 2. The van der Waals surface area contributed by atoms with Crippen molar-refractivity contribution < 1.29 is 48.3 Å². The number of aliphatic imine (C=N–C) groups is 2. The highest BCUT2D eigenvalue weighted by molar-refractivity contribution is 5.98. The van der Waals surface area contributed by atoms with Gasteiger partial charge in [-0.05, 0) is 75.1 Å². The molecule has 26 nitrogen and oxygen atoms in total. The van der Waals surface area contributed by atoms with Gasteiger partial charge in [0.05, 0.1) is 6.42 Å². The molecule has 0 radical (unpaired) electrons. The summed E-state index contributed by atoms with van der Waals surface area (Å²) in [6.45, 7) is 1.25. The SMILES string of the molecule is CC(=O)N[C@@H](CCCN=C(N)N)C(=O)N[C@H]1CCCCNC(=O)C[C@@H](C(=O)O)NC(=O)[C@H](Cc2c[nH]c3ccccc23)NC(=O)C(CCCN=C(N)N)NC(=O)[C@@H](Cc2ccccc2)NC(=O)[C@H](CCN)NC1=O. The first-order valence-electron chi connectivity index (χ1n) is 24.3. The Morgan fingerprint density at radius 2 is 1.30 bits per heavy atom.